The van der Waals surface area contributed by atoms with Gasteiger partial charge >= 0.3 is 0 Å². The van der Waals surface area contributed by atoms with Gasteiger partial charge in [0.25, 0.3) is 5.91 Å². The van der Waals surface area contributed by atoms with Crippen LogP contribution in [0.2, 0.25) is 0 Å². The fourth-order valence-electron chi connectivity index (χ4n) is 4.59. The lowest BCUT2D eigenvalue weighted by Gasteiger charge is -2.31. The Balaban J connectivity index is 1.19. The van der Waals surface area contributed by atoms with Gasteiger partial charge in [0.2, 0.25) is 5.91 Å². The molecule has 3 heterocycles. The van der Waals surface area contributed by atoms with Crippen molar-refractivity contribution < 1.29 is 19.1 Å². The lowest BCUT2D eigenvalue weighted by atomic mass is 9.95. The van der Waals surface area contributed by atoms with E-state index in [2.05, 4.69) is 10.3 Å². The molecular formula is C26H28N4O4. The van der Waals surface area contributed by atoms with Crippen LogP contribution in [0.3, 0.4) is 0 Å². The Labute approximate surface area is 198 Å². The highest BCUT2D eigenvalue weighted by atomic mass is 16.5. The Morgan fingerprint density at radius 3 is 2.50 bits per heavy atom. The number of fused-ring (bicyclic) bond motifs is 1. The van der Waals surface area contributed by atoms with Gasteiger partial charge < -0.3 is 24.3 Å². The monoisotopic (exact) mass is 460 g/mol. The maximum Gasteiger partial charge on any atom is 0.274 e. The van der Waals surface area contributed by atoms with Crippen molar-refractivity contribution in [3.63, 3.8) is 0 Å². The summed E-state index contributed by atoms with van der Waals surface area (Å²) in [6, 6.07) is 17.3. The van der Waals surface area contributed by atoms with Crippen molar-refractivity contribution in [2.45, 2.75) is 32.1 Å². The second-order valence-electron chi connectivity index (χ2n) is 8.69. The van der Waals surface area contributed by atoms with Gasteiger partial charge in [0.05, 0.1) is 32.3 Å². The molecule has 3 aromatic rings. The molecule has 1 fully saturated rings. The van der Waals surface area contributed by atoms with Gasteiger partial charge in [-0.3, -0.25) is 9.59 Å². The predicted molar refractivity (Wildman–Crippen MR) is 126 cm³/mol. The number of anilines is 1. The molecule has 2 amide bonds. The summed E-state index contributed by atoms with van der Waals surface area (Å²) in [6.07, 6.45) is 2.89. The minimum absolute atomic E-state index is 0.00986. The number of benzene rings is 2. The van der Waals surface area contributed by atoms with Crippen LogP contribution in [0.25, 0.3) is 0 Å². The summed E-state index contributed by atoms with van der Waals surface area (Å²) >= 11 is 0. The molecule has 0 unspecified atom stereocenters. The second-order valence-corrected chi connectivity index (χ2v) is 8.69. The molecule has 0 saturated carbocycles. The zero-order chi connectivity index (χ0) is 23.5. The minimum atomic E-state index is -0.103. The first-order valence-electron chi connectivity index (χ1n) is 11.6. The van der Waals surface area contributed by atoms with E-state index in [0.717, 1.165) is 22.7 Å². The Morgan fingerprint density at radius 2 is 1.79 bits per heavy atom. The molecular weight excluding hydrogens is 432 g/mol. The Bertz CT molecular complexity index is 1150. The summed E-state index contributed by atoms with van der Waals surface area (Å²) in [4.78, 5) is 32.0. The van der Waals surface area contributed by atoms with Gasteiger partial charge in [-0.25, -0.2) is 4.98 Å². The normalized spacial score (nSPS) is 18.3. The third-order valence-corrected chi connectivity index (χ3v) is 6.61. The van der Waals surface area contributed by atoms with Gasteiger partial charge in [0, 0.05) is 24.7 Å². The number of amides is 2. The maximum atomic E-state index is 13.2. The van der Waals surface area contributed by atoms with Crippen LogP contribution in [0.15, 0.2) is 60.9 Å². The third-order valence-electron chi connectivity index (χ3n) is 6.61. The third kappa shape index (κ3) is 4.54. The average molecular weight is 461 g/mol. The number of aromatic nitrogens is 2. The highest BCUT2D eigenvalue weighted by Gasteiger charge is 2.32. The standard InChI is InChI=1S/C26H28N4O4/c1-33-21-9-7-18(8-10-21)23-15-30-17-27-24(22(30)16-34-23)26(32)29-13-11-19(12-14-29)25(31)28-20-5-3-2-4-6-20/h2-10,17,19,23H,11-16H2,1H3,(H,28,31)/t23-/m1/s1. The van der Waals surface area contributed by atoms with Crippen LogP contribution in [-0.4, -0.2) is 46.5 Å². The highest BCUT2D eigenvalue weighted by Crippen LogP contribution is 2.30. The Kier molecular flexibility index (Phi) is 6.31. The summed E-state index contributed by atoms with van der Waals surface area (Å²) in [7, 11) is 1.64. The summed E-state index contributed by atoms with van der Waals surface area (Å²) in [6.45, 7) is 2.00. The number of para-hydroxylation sites is 1. The Morgan fingerprint density at radius 1 is 1.06 bits per heavy atom. The molecule has 1 aromatic heterocycles. The van der Waals surface area contributed by atoms with E-state index in [9.17, 15) is 9.59 Å². The second kappa shape index (κ2) is 9.69. The quantitative estimate of drug-likeness (QED) is 0.628. The summed E-state index contributed by atoms with van der Waals surface area (Å²) < 4.78 is 13.3. The molecule has 2 aliphatic heterocycles. The van der Waals surface area contributed by atoms with E-state index in [1.165, 1.54) is 0 Å². The number of nitrogens with one attached hydrogen (secondary N) is 1. The van der Waals surface area contributed by atoms with Gasteiger partial charge in [0.1, 0.15) is 11.9 Å². The van der Waals surface area contributed by atoms with Crippen molar-refractivity contribution in [3.05, 3.63) is 77.9 Å². The minimum Gasteiger partial charge on any atom is -0.497 e. The maximum absolute atomic E-state index is 13.2. The Hall–Kier alpha value is -3.65. The molecule has 1 atom stereocenters. The number of imidazole rings is 1. The van der Waals surface area contributed by atoms with E-state index in [-0.39, 0.29) is 23.8 Å². The summed E-state index contributed by atoms with van der Waals surface area (Å²) in [5.41, 5.74) is 3.10. The zero-order valence-corrected chi connectivity index (χ0v) is 19.1. The SMILES string of the molecule is COc1ccc([C@H]2Cn3cnc(C(=O)N4CCC(C(=O)Nc5ccccc5)CC4)c3CO2)cc1. The first-order valence-corrected chi connectivity index (χ1v) is 11.6. The number of nitrogens with zero attached hydrogens (tertiary/aromatic N) is 3. The molecule has 8 nitrogen and oxygen atoms in total. The van der Waals surface area contributed by atoms with Gasteiger partial charge in [0.15, 0.2) is 5.69 Å². The number of likely N-dealkylation sites (tertiary alicyclic amines) is 1. The molecule has 2 aliphatic rings. The van der Waals surface area contributed by atoms with E-state index in [1.54, 1.807) is 18.3 Å². The van der Waals surface area contributed by atoms with E-state index in [4.69, 9.17) is 9.47 Å². The fourth-order valence-corrected chi connectivity index (χ4v) is 4.59. The van der Waals surface area contributed by atoms with Crippen molar-refractivity contribution in [1.29, 1.82) is 0 Å². The summed E-state index contributed by atoms with van der Waals surface area (Å²) in [5.74, 6) is 0.614. The number of carbonyl (C=O) groups is 2. The van der Waals surface area contributed by atoms with Crippen molar-refractivity contribution in [2.75, 3.05) is 25.5 Å². The van der Waals surface area contributed by atoms with E-state index >= 15 is 0 Å². The van der Waals surface area contributed by atoms with Crippen molar-refractivity contribution in [2.24, 2.45) is 5.92 Å². The predicted octanol–water partition coefficient (Wildman–Crippen LogP) is 3.65. The molecule has 0 aliphatic carbocycles. The van der Waals surface area contributed by atoms with Crippen LogP contribution < -0.4 is 10.1 Å². The molecule has 8 heteroatoms. The van der Waals surface area contributed by atoms with Gasteiger partial charge in [-0.1, -0.05) is 30.3 Å². The largest absolute Gasteiger partial charge is 0.497 e. The zero-order valence-electron chi connectivity index (χ0n) is 19.1. The number of rotatable bonds is 5. The van der Waals surface area contributed by atoms with Crippen LogP contribution in [0, 0.1) is 5.92 Å². The molecule has 1 saturated heterocycles. The van der Waals surface area contributed by atoms with E-state index in [0.29, 0.717) is 44.8 Å². The molecule has 1 N–H and O–H groups in total. The molecule has 0 bridgehead atoms. The first kappa shape index (κ1) is 22.2. The van der Waals surface area contributed by atoms with E-state index in [1.807, 2.05) is 59.2 Å². The number of ether oxygens (including phenoxy) is 2. The van der Waals surface area contributed by atoms with Crippen molar-refractivity contribution >= 4 is 17.5 Å². The van der Waals surface area contributed by atoms with Crippen LogP contribution in [0.4, 0.5) is 5.69 Å². The first-order chi connectivity index (χ1) is 16.6. The van der Waals surface area contributed by atoms with Crippen molar-refractivity contribution in [3.8, 4) is 5.75 Å². The molecule has 0 radical (unpaired) electrons. The van der Waals surface area contributed by atoms with Crippen LogP contribution >= 0.6 is 0 Å². The number of carbonyl (C=O) groups excluding carboxylic acids is 2. The molecule has 34 heavy (non-hydrogen) atoms. The number of hydrogen-bond donors (Lipinski definition) is 1. The molecule has 5 rings (SSSR count). The number of piperidine rings is 1. The number of methoxy groups -OCH3 is 1. The van der Waals surface area contributed by atoms with Crippen LogP contribution in [0.1, 0.15) is 40.7 Å². The van der Waals surface area contributed by atoms with Gasteiger partial charge in [-0.2, -0.15) is 0 Å². The van der Waals surface area contributed by atoms with Crippen LogP contribution in [0.5, 0.6) is 5.75 Å². The molecule has 176 valence electrons. The lowest BCUT2D eigenvalue weighted by molar-refractivity contribution is -0.121. The van der Waals surface area contributed by atoms with Crippen molar-refractivity contribution in [1.82, 2.24) is 14.5 Å². The molecule has 0 spiro atoms. The fraction of sp³-hybridized carbons (Fsp3) is 0.346. The summed E-state index contributed by atoms with van der Waals surface area (Å²) in [5, 5.41) is 2.97. The van der Waals surface area contributed by atoms with Gasteiger partial charge in [-0.15, -0.1) is 0 Å². The number of hydrogen-bond acceptors (Lipinski definition) is 5. The lowest BCUT2D eigenvalue weighted by Crippen LogP contribution is -2.42. The highest BCUT2D eigenvalue weighted by molar-refractivity contribution is 5.95. The topological polar surface area (TPSA) is 85.7 Å². The van der Waals surface area contributed by atoms with Gasteiger partial charge in [-0.05, 0) is 42.7 Å². The smallest absolute Gasteiger partial charge is 0.274 e. The molecule has 2 aromatic carbocycles. The average Bonchev–Trinajstić information content (AvgIpc) is 3.32. The van der Waals surface area contributed by atoms with E-state index < -0.39 is 0 Å². The van der Waals surface area contributed by atoms with Crippen LogP contribution in [-0.2, 0) is 22.7 Å².